The molecule has 0 fully saturated rings. The van der Waals surface area contributed by atoms with Gasteiger partial charge in [-0.1, -0.05) is 71.6 Å². The van der Waals surface area contributed by atoms with Crippen LogP contribution in [0.3, 0.4) is 0 Å². The van der Waals surface area contributed by atoms with Crippen molar-refractivity contribution in [2.45, 2.75) is 84.5 Å². The van der Waals surface area contributed by atoms with E-state index in [-0.39, 0.29) is 22.4 Å². The third kappa shape index (κ3) is 8.62. The van der Waals surface area contributed by atoms with Crippen LogP contribution in [0, 0.1) is 11.6 Å². The second kappa shape index (κ2) is 15.3. The molecule has 188 valence electrons. The van der Waals surface area contributed by atoms with Crippen molar-refractivity contribution >= 4 is 5.97 Å². The van der Waals surface area contributed by atoms with E-state index in [0.717, 1.165) is 44.9 Å². The van der Waals surface area contributed by atoms with Crippen molar-refractivity contribution in [1.29, 1.82) is 0 Å². The molecule has 2 aromatic carbocycles. The molecule has 0 aliphatic rings. The minimum Gasteiger partial charge on any atom is -0.494 e. The summed E-state index contributed by atoms with van der Waals surface area (Å²) < 4.78 is 40.9. The lowest BCUT2D eigenvalue weighted by atomic mass is 9.98. The van der Waals surface area contributed by atoms with Crippen molar-refractivity contribution in [1.82, 2.24) is 0 Å². The minimum atomic E-state index is -1.22. The van der Waals surface area contributed by atoms with Gasteiger partial charge in [-0.05, 0) is 43.2 Å². The van der Waals surface area contributed by atoms with E-state index < -0.39 is 17.6 Å². The molecular formula is C28H38F2O4. The van der Waals surface area contributed by atoms with Crippen LogP contribution < -0.4 is 9.47 Å². The normalized spacial score (nSPS) is 10.9. The number of hydrogen-bond donors (Lipinski definition) is 1. The predicted molar refractivity (Wildman–Crippen MR) is 132 cm³/mol. The summed E-state index contributed by atoms with van der Waals surface area (Å²) in [6.45, 7) is 5.10. The molecule has 2 rings (SSSR count). The Labute approximate surface area is 202 Å². The Morgan fingerprint density at radius 1 is 0.735 bits per heavy atom. The number of halogens is 2. The third-order valence-corrected chi connectivity index (χ3v) is 5.83. The quantitative estimate of drug-likeness (QED) is 0.233. The van der Waals surface area contributed by atoms with E-state index in [1.807, 2.05) is 0 Å². The number of benzene rings is 2. The second-order valence-electron chi connectivity index (χ2n) is 8.63. The van der Waals surface area contributed by atoms with Crippen LogP contribution >= 0.6 is 0 Å². The molecule has 0 bridgehead atoms. The van der Waals surface area contributed by atoms with Gasteiger partial charge < -0.3 is 14.6 Å². The van der Waals surface area contributed by atoms with Gasteiger partial charge >= 0.3 is 5.97 Å². The van der Waals surface area contributed by atoms with Crippen LogP contribution in [0.4, 0.5) is 8.78 Å². The van der Waals surface area contributed by atoms with E-state index in [1.54, 1.807) is 6.07 Å². The summed E-state index contributed by atoms with van der Waals surface area (Å²) in [4.78, 5) is 11.7. The summed E-state index contributed by atoms with van der Waals surface area (Å²) in [5, 5.41) is 9.57. The van der Waals surface area contributed by atoms with Crippen LogP contribution in [0.2, 0.25) is 0 Å². The Bertz CT molecular complexity index is 898. The molecule has 0 aliphatic carbocycles. The molecule has 34 heavy (non-hydrogen) atoms. The molecular weight excluding hydrogens is 438 g/mol. The van der Waals surface area contributed by atoms with Crippen LogP contribution in [-0.2, 0) is 0 Å². The molecule has 4 nitrogen and oxygen atoms in total. The summed E-state index contributed by atoms with van der Waals surface area (Å²) in [7, 11) is 0. The van der Waals surface area contributed by atoms with Crippen molar-refractivity contribution in [3.8, 4) is 22.6 Å². The smallest absolute Gasteiger partial charge is 0.336 e. The summed E-state index contributed by atoms with van der Waals surface area (Å²) in [6.07, 6.45) is 11.8. The maximum Gasteiger partial charge on any atom is 0.336 e. The van der Waals surface area contributed by atoms with Gasteiger partial charge in [0.05, 0.1) is 18.8 Å². The fourth-order valence-corrected chi connectivity index (χ4v) is 3.83. The lowest BCUT2D eigenvalue weighted by Gasteiger charge is -2.14. The average molecular weight is 477 g/mol. The Morgan fingerprint density at radius 3 is 1.94 bits per heavy atom. The van der Waals surface area contributed by atoms with Gasteiger partial charge in [-0.2, -0.15) is 4.39 Å². The lowest BCUT2D eigenvalue weighted by molar-refractivity contribution is 0.0697. The highest BCUT2D eigenvalue weighted by Gasteiger charge is 2.21. The molecule has 0 heterocycles. The molecule has 0 atom stereocenters. The van der Waals surface area contributed by atoms with Crippen molar-refractivity contribution in [3.63, 3.8) is 0 Å². The third-order valence-electron chi connectivity index (χ3n) is 5.83. The number of carbonyl (C=O) groups is 1. The number of carboxylic acid groups (broad SMARTS) is 1. The zero-order valence-electron chi connectivity index (χ0n) is 20.5. The molecule has 0 aromatic heterocycles. The van der Waals surface area contributed by atoms with Gasteiger partial charge in [0.25, 0.3) is 0 Å². The molecule has 0 unspecified atom stereocenters. The highest BCUT2D eigenvalue weighted by Crippen LogP contribution is 2.34. The molecule has 0 spiro atoms. The molecule has 0 aliphatic heterocycles. The molecule has 0 saturated heterocycles. The summed E-state index contributed by atoms with van der Waals surface area (Å²) in [5.74, 6) is -3.18. The number of carboxylic acids is 1. The summed E-state index contributed by atoms with van der Waals surface area (Å²) in [6, 6.07) is 7.10. The highest BCUT2D eigenvalue weighted by atomic mass is 19.2. The second-order valence-corrected chi connectivity index (χ2v) is 8.63. The summed E-state index contributed by atoms with van der Waals surface area (Å²) in [5.41, 5.74) is -0.167. The molecule has 1 N–H and O–H groups in total. The van der Waals surface area contributed by atoms with E-state index >= 15 is 0 Å². The highest BCUT2D eigenvalue weighted by molar-refractivity contribution is 5.96. The first-order chi connectivity index (χ1) is 16.5. The average Bonchev–Trinajstić information content (AvgIpc) is 2.83. The molecule has 2 aromatic rings. The van der Waals surface area contributed by atoms with Gasteiger partial charge in [0, 0.05) is 11.1 Å². The van der Waals surface area contributed by atoms with Gasteiger partial charge in [-0.25, -0.2) is 9.18 Å². The number of unbranched alkanes of at least 4 members (excludes halogenated alkanes) is 9. The van der Waals surface area contributed by atoms with Gasteiger partial charge in [-0.15, -0.1) is 0 Å². The van der Waals surface area contributed by atoms with Crippen LogP contribution in [-0.4, -0.2) is 24.3 Å². The Hall–Kier alpha value is -2.63. The molecule has 6 heteroatoms. The van der Waals surface area contributed by atoms with Crippen LogP contribution in [0.25, 0.3) is 11.1 Å². The molecule has 0 saturated carbocycles. The topological polar surface area (TPSA) is 55.8 Å². The van der Waals surface area contributed by atoms with Gasteiger partial charge in [0.2, 0.25) is 5.82 Å². The van der Waals surface area contributed by atoms with Crippen molar-refractivity contribution < 1.29 is 28.2 Å². The SMILES string of the molecule is CCCCCCCCOc1ccc(-c2cc(OCCCCCCC)ccc2C(=O)O)c(F)c1F. The fourth-order valence-electron chi connectivity index (χ4n) is 3.83. The Morgan fingerprint density at radius 2 is 1.32 bits per heavy atom. The van der Waals surface area contributed by atoms with E-state index in [2.05, 4.69) is 13.8 Å². The maximum atomic E-state index is 15.0. The minimum absolute atomic E-state index is 0.0786. The first kappa shape index (κ1) is 27.6. The van der Waals surface area contributed by atoms with Gasteiger partial charge in [0.1, 0.15) is 5.75 Å². The van der Waals surface area contributed by atoms with Crippen LogP contribution in [0.15, 0.2) is 30.3 Å². The molecule has 0 radical (unpaired) electrons. The van der Waals surface area contributed by atoms with Crippen LogP contribution in [0.5, 0.6) is 11.5 Å². The predicted octanol–water partition coefficient (Wildman–Crippen LogP) is 8.42. The Balaban J connectivity index is 2.08. The standard InChI is InChI=1S/C28H38F2O4/c1-3-5-7-9-11-13-19-34-25-17-16-22(26(29)27(25)30)24-20-21(14-15-23(24)28(31)32)33-18-12-10-8-6-4-2/h14-17,20H,3-13,18-19H2,1-2H3,(H,31,32). The lowest BCUT2D eigenvalue weighted by Crippen LogP contribution is -2.05. The summed E-state index contributed by atoms with van der Waals surface area (Å²) >= 11 is 0. The fraction of sp³-hybridized carbons (Fsp3) is 0.536. The van der Waals surface area contributed by atoms with E-state index in [9.17, 15) is 18.7 Å². The van der Waals surface area contributed by atoms with E-state index in [1.165, 1.54) is 49.9 Å². The zero-order chi connectivity index (χ0) is 24.8. The van der Waals surface area contributed by atoms with Gasteiger partial charge in [0.15, 0.2) is 11.6 Å². The zero-order valence-corrected chi connectivity index (χ0v) is 20.5. The van der Waals surface area contributed by atoms with Crippen molar-refractivity contribution in [3.05, 3.63) is 47.5 Å². The number of ether oxygens (including phenoxy) is 2. The maximum absolute atomic E-state index is 15.0. The first-order valence-corrected chi connectivity index (χ1v) is 12.6. The first-order valence-electron chi connectivity index (χ1n) is 12.6. The molecule has 0 amide bonds. The number of aromatic carboxylic acids is 1. The van der Waals surface area contributed by atoms with Gasteiger partial charge in [-0.3, -0.25) is 0 Å². The Kier molecular flexibility index (Phi) is 12.4. The monoisotopic (exact) mass is 476 g/mol. The van der Waals surface area contributed by atoms with Crippen molar-refractivity contribution in [2.24, 2.45) is 0 Å². The largest absolute Gasteiger partial charge is 0.494 e. The number of hydrogen-bond acceptors (Lipinski definition) is 3. The van der Waals surface area contributed by atoms with Crippen LogP contribution in [0.1, 0.15) is 94.8 Å². The van der Waals surface area contributed by atoms with Crippen molar-refractivity contribution in [2.75, 3.05) is 13.2 Å². The van der Waals surface area contributed by atoms with E-state index in [4.69, 9.17) is 9.47 Å². The van der Waals surface area contributed by atoms with E-state index in [0.29, 0.717) is 19.0 Å². The number of rotatable bonds is 17.